The lowest BCUT2D eigenvalue weighted by molar-refractivity contribution is 0.289. The minimum Gasteiger partial charge on any atom is -0.314 e. The van der Waals surface area contributed by atoms with Crippen molar-refractivity contribution >= 4 is 0 Å². The Morgan fingerprint density at radius 2 is 1.67 bits per heavy atom. The molecule has 0 radical (unpaired) electrons. The molecule has 0 saturated heterocycles. The van der Waals surface area contributed by atoms with Crippen LogP contribution in [0.3, 0.4) is 0 Å². The quantitative estimate of drug-likeness (QED) is 0.521. The topological polar surface area (TPSA) is 12.0 Å². The molecule has 1 N–H and O–H groups in total. The predicted octanol–water partition coefficient (Wildman–Crippen LogP) is 5.30. The van der Waals surface area contributed by atoms with Crippen molar-refractivity contribution in [3.8, 4) is 0 Å². The molecule has 1 atom stereocenters. The van der Waals surface area contributed by atoms with E-state index in [9.17, 15) is 0 Å². The number of nitrogens with one attached hydrogen (secondary N) is 1. The van der Waals surface area contributed by atoms with Crippen LogP contribution in [-0.4, -0.2) is 12.6 Å². The molecule has 0 heterocycles. The second-order valence-electron chi connectivity index (χ2n) is 6.20. The van der Waals surface area contributed by atoms with Gasteiger partial charge in [0.2, 0.25) is 0 Å². The van der Waals surface area contributed by atoms with Gasteiger partial charge >= 0.3 is 0 Å². The number of unbranched alkanes of at least 4 members (excludes halogenated alkanes) is 4. The maximum atomic E-state index is 3.72. The summed E-state index contributed by atoms with van der Waals surface area (Å²) in [6, 6.07) is 0.805. The Labute approximate surface area is 115 Å². The zero-order chi connectivity index (χ0) is 13.1. The van der Waals surface area contributed by atoms with Crippen molar-refractivity contribution in [2.75, 3.05) is 6.54 Å². The molecule has 0 aliphatic heterocycles. The Balaban J connectivity index is 2.12. The average molecular weight is 253 g/mol. The van der Waals surface area contributed by atoms with Gasteiger partial charge in [-0.2, -0.15) is 0 Å². The summed E-state index contributed by atoms with van der Waals surface area (Å²) in [5.41, 5.74) is 0. The molecule has 1 aliphatic carbocycles. The van der Waals surface area contributed by atoms with Gasteiger partial charge in [0, 0.05) is 6.04 Å². The van der Waals surface area contributed by atoms with Crippen molar-refractivity contribution in [1.82, 2.24) is 5.32 Å². The Morgan fingerprint density at radius 1 is 0.944 bits per heavy atom. The molecule has 1 fully saturated rings. The summed E-state index contributed by atoms with van der Waals surface area (Å²) in [6.07, 6.45) is 17.4. The van der Waals surface area contributed by atoms with E-state index < -0.39 is 0 Å². The summed E-state index contributed by atoms with van der Waals surface area (Å²) >= 11 is 0. The van der Waals surface area contributed by atoms with Crippen LogP contribution < -0.4 is 5.32 Å². The van der Waals surface area contributed by atoms with E-state index in [1.807, 2.05) is 0 Å². The zero-order valence-electron chi connectivity index (χ0n) is 12.8. The minimum atomic E-state index is 0.805. The summed E-state index contributed by atoms with van der Waals surface area (Å²) < 4.78 is 0. The third kappa shape index (κ3) is 7.41. The fourth-order valence-electron chi connectivity index (χ4n) is 3.41. The van der Waals surface area contributed by atoms with E-state index in [-0.39, 0.29) is 0 Å². The lowest BCUT2D eigenvalue weighted by Crippen LogP contribution is -2.31. The number of hydrogen-bond acceptors (Lipinski definition) is 1. The molecule has 1 heteroatoms. The van der Waals surface area contributed by atoms with Crippen LogP contribution >= 0.6 is 0 Å². The highest BCUT2D eigenvalue weighted by molar-refractivity contribution is 4.74. The van der Waals surface area contributed by atoms with E-state index in [2.05, 4.69) is 19.2 Å². The first-order valence-electron chi connectivity index (χ1n) is 8.60. The largest absolute Gasteiger partial charge is 0.314 e. The van der Waals surface area contributed by atoms with Gasteiger partial charge in [-0.15, -0.1) is 0 Å². The van der Waals surface area contributed by atoms with Crippen LogP contribution in [0.25, 0.3) is 0 Å². The molecule has 1 saturated carbocycles. The zero-order valence-corrected chi connectivity index (χ0v) is 12.8. The molecule has 0 aromatic carbocycles. The summed E-state index contributed by atoms with van der Waals surface area (Å²) in [7, 11) is 0. The maximum absolute atomic E-state index is 3.72. The van der Waals surface area contributed by atoms with Crippen LogP contribution in [0, 0.1) is 5.92 Å². The second-order valence-corrected chi connectivity index (χ2v) is 6.20. The maximum Gasteiger partial charge on any atom is 0.00695 e. The molecule has 0 spiro atoms. The normalized spacial score (nSPS) is 19.0. The first kappa shape index (κ1) is 16.0. The first-order valence-corrected chi connectivity index (χ1v) is 8.60. The van der Waals surface area contributed by atoms with Gasteiger partial charge < -0.3 is 5.32 Å². The third-order valence-corrected chi connectivity index (χ3v) is 4.49. The molecular weight excluding hydrogens is 218 g/mol. The minimum absolute atomic E-state index is 0.805. The molecule has 0 aromatic heterocycles. The van der Waals surface area contributed by atoms with Crippen molar-refractivity contribution < 1.29 is 0 Å². The highest BCUT2D eigenvalue weighted by Crippen LogP contribution is 2.28. The van der Waals surface area contributed by atoms with E-state index in [0.29, 0.717) is 0 Å². The van der Waals surface area contributed by atoms with Gasteiger partial charge in [0.1, 0.15) is 0 Å². The highest BCUT2D eigenvalue weighted by Gasteiger charge is 2.18. The van der Waals surface area contributed by atoms with Crippen LogP contribution in [0.5, 0.6) is 0 Å². The van der Waals surface area contributed by atoms with Gasteiger partial charge in [0.25, 0.3) is 0 Å². The number of hydrogen-bond donors (Lipinski definition) is 1. The molecule has 0 aromatic rings. The van der Waals surface area contributed by atoms with E-state index in [1.165, 1.54) is 77.0 Å². The van der Waals surface area contributed by atoms with Crippen molar-refractivity contribution in [3.63, 3.8) is 0 Å². The summed E-state index contributed by atoms with van der Waals surface area (Å²) in [5.74, 6) is 1.03. The van der Waals surface area contributed by atoms with Gasteiger partial charge in [0.05, 0.1) is 0 Å². The van der Waals surface area contributed by atoms with Gasteiger partial charge in [-0.05, 0) is 25.3 Å². The highest BCUT2D eigenvalue weighted by atomic mass is 14.9. The first-order chi connectivity index (χ1) is 8.86. The van der Waals surface area contributed by atoms with Crippen molar-refractivity contribution in [2.24, 2.45) is 5.92 Å². The molecule has 0 bridgehead atoms. The van der Waals surface area contributed by atoms with Crippen LogP contribution in [0.2, 0.25) is 0 Å². The summed E-state index contributed by atoms with van der Waals surface area (Å²) in [5, 5.41) is 3.72. The predicted molar refractivity (Wildman–Crippen MR) is 82.0 cm³/mol. The van der Waals surface area contributed by atoms with Gasteiger partial charge in [-0.1, -0.05) is 78.1 Å². The fraction of sp³-hybridized carbons (Fsp3) is 1.00. The van der Waals surface area contributed by atoms with Crippen LogP contribution in [0.4, 0.5) is 0 Å². The molecule has 108 valence electrons. The van der Waals surface area contributed by atoms with E-state index in [4.69, 9.17) is 0 Å². The van der Waals surface area contributed by atoms with E-state index in [1.54, 1.807) is 0 Å². The van der Waals surface area contributed by atoms with Crippen LogP contribution in [-0.2, 0) is 0 Å². The Hall–Kier alpha value is -0.0400. The smallest absolute Gasteiger partial charge is 0.00695 e. The molecule has 18 heavy (non-hydrogen) atoms. The summed E-state index contributed by atoms with van der Waals surface area (Å²) in [4.78, 5) is 0. The molecule has 1 aliphatic rings. The second kappa shape index (κ2) is 10.8. The monoisotopic (exact) mass is 253 g/mol. The van der Waals surface area contributed by atoms with Gasteiger partial charge in [-0.3, -0.25) is 0 Å². The Kier molecular flexibility index (Phi) is 9.65. The van der Waals surface area contributed by atoms with Crippen molar-refractivity contribution in [3.05, 3.63) is 0 Å². The van der Waals surface area contributed by atoms with Crippen molar-refractivity contribution in [1.29, 1.82) is 0 Å². The Bertz CT molecular complexity index is 172. The molecule has 0 amide bonds. The van der Waals surface area contributed by atoms with E-state index in [0.717, 1.165) is 18.5 Å². The molecule has 1 rings (SSSR count). The SMILES string of the molecule is CCCCCCCC(CC1CCCCC1)NCC. The molecule has 1 nitrogen and oxygen atoms in total. The summed E-state index contributed by atoms with van der Waals surface area (Å²) in [6.45, 7) is 5.70. The fourth-order valence-corrected chi connectivity index (χ4v) is 3.41. The van der Waals surface area contributed by atoms with Gasteiger partial charge in [-0.25, -0.2) is 0 Å². The lowest BCUT2D eigenvalue weighted by atomic mass is 9.84. The van der Waals surface area contributed by atoms with Crippen molar-refractivity contribution in [2.45, 2.75) is 96.9 Å². The van der Waals surface area contributed by atoms with Gasteiger partial charge in [0.15, 0.2) is 0 Å². The Morgan fingerprint density at radius 3 is 2.33 bits per heavy atom. The molecular formula is C17H35N. The van der Waals surface area contributed by atoms with E-state index >= 15 is 0 Å². The average Bonchev–Trinajstić information content (AvgIpc) is 2.40. The molecule has 1 unspecified atom stereocenters. The number of rotatable bonds is 10. The van der Waals surface area contributed by atoms with Crippen LogP contribution in [0.1, 0.15) is 90.9 Å². The lowest BCUT2D eigenvalue weighted by Gasteiger charge is -2.27. The standard InChI is InChI=1S/C17H35N/c1-3-5-6-7-11-14-17(18-4-2)15-16-12-9-8-10-13-16/h16-18H,3-15H2,1-2H3. The third-order valence-electron chi connectivity index (χ3n) is 4.49. The van der Waals surface area contributed by atoms with Crippen LogP contribution in [0.15, 0.2) is 0 Å².